The molecule has 6 nitrogen and oxygen atoms in total. The van der Waals surface area contributed by atoms with Crippen molar-refractivity contribution < 1.29 is 4.79 Å². The van der Waals surface area contributed by atoms with E-state index >= 15 is 0 Å². The van der Waals surface area contributed by atoms with Gasteiger partial charge in [-0.05, 0) is 38.4 Å². The van der Waals surface area contributed by atoms with E-state index in [4.69, 9.17) is 0 Å². The predicted octanol–water partition coefficient (Wildman–Crippen LogP) is 2.09. The van der Waals surface area contributed by atoms with E-state index in [0.29, 0.717) is 19.5 Å². The molecule has 140 valence electrons. The molecule has 0 bridgehead atoms. The largest absolute Gasteiger partial charge is 0.353 e. The van der Waals surface area contributed by atoms with Crippen molar-refractivity contribution in [2.75, 3.05) is 44.7 Å². The summed E-state index contributed by atoms with van der Waals surface area (Å²) in [4.78, 5) is 20.9. The number of aryl methyl sites for hydroxylation is 1. The van der Waals surface area contributed by atoms with Crippen LogP contribution in [0.3, 0.4) is 0 Å². The second-order valence-corrected chi connectivity index (χ2v) is 7.64. The number of likely N-dealkylation sites (tertiary alicyclic amines) is 1. The monoisotopic (exact) mass is 373 g/mol. The zero-order chi connectivity index (χ0) is 18.4. The number of anilines is 1. The fraction of sp³-hybridized carbons (Fsp3) is 0.526. The molecule has 7 heteroatoms. The highest BCUT2D eigenvalue weighted by molar-refractivity contribution is 7.09. The molecule has 0 saturated carbocycles. The van der Waals surface area contributed by atoms with Crippen LogP contribution < -0.4 is 10.2 Å². The van der Waals surface area contributed by atoms with E-state index in [-0.39, 0.29) is 5.91 Å². The predicted molar refractivity (Wildman–Crippen MR) is 106 cm³/mol. The Morgan fingerprint density at radius 3 is 2.73 bits per heavy atom. The van der Waals surface area contributed by atoms with E-state index in [1.165, 1.54) is 35.5 Å². The number of carbonyl (C=O) groups excluding carboxylic acids is 1. The number of aromatic nitrogens is 2. The number of likely N-dealkylation sites (N-methyl/N-ethyl adjacent to an activating group) is 1. The lowest BCUT2D eigenvalue weighted by atomic mass is 10.1. The Morgan fingerprint density at radius 1 is 1.27 bits per heavy atom. The number of rotatable bonds is 8. The standard InChI is InChI=1S/C19H27N5OS/c1-15-5-7-16(8-6-15)13-17-21-19(26-22-17)23(2)14-18(25)20-9-12-24-10-3-4-11-24/h5-8H,3-4,9-14H2,1-2H3,(H,20,25). The molecule has 0 unspecified atom stereocenters. The lowest BCUT2D eigenvalue weighted by Crippen LogP contribution is -2.39. The van der Waals surface area contributed by atoms with Gasteiger partial charge in [0.1, 0.15) is 5.82 Å². The zero-order valence-corrected chi connectivity index (χ0v) is 16.4. The second kappa shape index (κ2) is 9.09. The number of nitrogens with zero attached hydrogens (tertiary/aromatic N) is 4. The molecule has 2 aromatic rings. The molecule has 1 aliphatic heterocycles. The van der Waals surface area contributed by atoms with Gasteiger partial charge in [-0.2, -0.15) is 4.37 Å². The first-order valence-corrected chi connectivity index (χ1v) is 9.96. The molecule has 1 N–H and O–H groups in total. The lowest BCUT2D eigenvalue weighted by Gasteiger charge is -2.17. The van der Waals surface area contributed by atoms with Gasteiger partial charge in [0.05, 0.1) is 6.54 Å². The number of benzene rings is 1. The number of amides is 1. The molecule has 1 amide bonds. The summed E-state index contributed by atoms with van der Waals surface area (Å²) in [6, 6.07) is 8.41. The Labute approximate surface area is 159 Å². The summed E-state index contributed by atoms with van der Waals surface area (Å²) < 4.78 is 4.43. The van der Waals surface area contributed by atoms with Gasteiger partial charge in [-0.25, -0.2) is 4.98 Å². The topological polar surface area (TPSA) is 61.4 Å². The van der Waals surface area contributed by atoms with Crippen molar-refractivity contribution in [2.24, 2.45) is 0 Å². The number of nitrogens with one attached hydrogen (secondary N) is 1. The first-order valence-electron chi connectivity index (χ1n) is 9.18. The fourth-order valence-corrected chi connectivity index (χ4v) is 3.70. The fourth-order valence-electron chi connectivity index (χ4n) is 3.06. The molecule has 0 radical (unpaired) electrons. The molecule has 0 atom stereocenters. The molecule has 1 saturated heterocycles. The molecule has 0 spiro atoms. The summed E-state index contributed by atoms with van der Waals surface area (Å²) in [5.41, 5.74) is 2.44. The maximum absolute atomic E-state index is 12.1. The van der Waals surface area contributed by atoms with Gasteiger partial charge in [0.25, 0.3) is 0 Å². The minimum atomic E-state index is 0.0296. The van der Waals surface area contributed by atoms with Crippen LogP contribution in [-0.2, 0) is 11.2 Å². The summed E-state index contributed by atoms with van der Waals surface area (Å²) in [6.45, 7) is 6.35. The summed E-state index contributed by atoms with van der Waals surface area (Å²) in [7, 11) is 1.89. The van der Waals surface area contributed by atoms with Crippen molar-refractivity contribution in [3.63, 3.8) is 0 Å². The quantitative estimate of drug-likeness (QED) is 0.768. The Kier molecular flexibility index (Phi) is 6.57. The van der Waals surface area contributed by atoms with Crippen LogP contribution in [0.25, 0.3) is 0 Å². The van der Waals surface area contributed by atoms with Gasteiger partial charge in [0.2, 0.25) is 11.0 Å². The van der Waals surface area contributed by atoms with Crippen molar-refractivity contribution in [3.05, 3.63) is 41.2 Å². The van der Waals surface area contributed by atoms with Gasteiger partial charge >= 0.3 is 0 Å². The van der Waals surface area contributed by atoms with E-state index in [0.717, 1.165) is 30.6 Å². The lowest BCUT2D eigenvalue weighted by molar-refractivity contribution is -0.119. The van der Waals surface area contributed by atoms with Crippen molar-refractivity contribution in [1.29, 1.82) is 0 Å². The molecule has 26 heavy (non-hydrogen) atoms. The molecule has 1 aliphatic rings. The van der Waals surface area contributed by atoms with Crippen LogP contribution in [0.15, 0.2) is 24.3 Å². The first-order chi connectivity index (χ1) is 12.6. The Balaban J connectivity index is 1.43. The van der Waals surface area contributed by atoms with E-state index in [1.807, 2.05) is 11.9 Å². The van der Waals surface area contributed by atoms with Gasteiger partial charge in [0.15, 0.2) is 0 Å². The third kappa shape index (κ3) is 5.51. The van der Waals surface area contributed by atoms with E-state index < -0.39 is 0 Å². The number of hydrogen-bond acceptors (Lipinski definition) is 6. The Hall–Kier alpha value is -1.99. The van der Waals surface area contributed by atoms with Crippen LogP contribution in [-0.4, -0.2) is 59.9 Å². The van der Waals surface area contributed by atoms with Crippen LogP contribution in [0.4, 0.5) is 5.13 Å². The molecular weight excluding hydrogens is 346 g/mol. The van der Waals surface area contributed by atoms with Crippen molar-refractivity contribution >= 4 is 22.6 Å². The Morgan fingerprint density at radius 2 is 2.00 bits per heavy atom. The van der Waals surface area contributed by atoms with Crippen LogP contribution >= 0.6 is 11.5 Å². The maximum atomic E-state index is 12.1. The highest BCUT2D eigenvalue weighted by Crippen LogP contribution is 2.17. The van der Waals surface area contributed by atoms with E-state index in [1.54, 1.807) is 0 Å². The van der Waals surface area contributed by atoms with Crippen molar-refractivity contribution in [1.82, 2.24) is 19.6 Å². The minimum absolute atomic E-state index is 0.0296. The van der Waals surface area contributed by atoms with E-state index in [2.05, 4.69) is 50.8 Å². The van der Waals surface area contributed by atoms with Crippen LogP contribution in [0.5, 0.6) is 0 Å². The SMILES string of the molecule is Cc1ccc(Cc2nsc(N(C)CC(=O)NCCN3CCCC3)n2)cc1. The van der Waals surface area contributed by atoms with Crippen molar-refractivity contribution in [3.8, 4) is 0 Å². The highest BCUT2D eigenvalue weighted by atomic mass is 32.1. The van der Waals surface area contributed by atoms with Gasteiger partial charge in [0, 0.05) is 38.1 Å². The molecular formula is C19H27N5OS. The summed E-state index contributed by atoms with van der Waals surface area (Å²) >= 11 is 1.34. The smallest absolute Gasteiger partial charge is 0.239 e. The first kappa shape index (κ1) is 18.8. The molecule has 1 fully saturated rings. The van der Waals surface area contributed by atoms with Crippen molar-refractivity contribution in [2.45, 2.75) is 26.2 Å². The zero-order valence-electron chi connectivity index (χ0n) is 15.6. The molecule has 0 aliphatic carbocycles. The molecule has 2 heterocycles. The Bertz CT molecular complexity index is 709. The van der Waals surface area contributed by atoms with Gasteiger partial charge in [-0.15, -0.1) is 0 Å². The van der Waals surface area contributed by atoms with Crippen LogP contribution in [0.1, 0.15) is 29.8 Å². The van der Waals surface area contributed by atoms with Crippen LogP contribution in [0, 0.1) is 6.92 Å². The molecule has 1 aromatic carbocycles. The maximum Gasteiger partial charge on any atom is 0.239 e. The summed E-state index contributed by atoms with van der Waals surface area (Å²) in [5.74, 6) is 0.831. The minimum Gasteiger partial charge on any atom is -0.353 e. The summed E-state index contributed by atoms with van der Waals surface area (Å²) in [6.07, 6.45) is 3.27. The molecule has 1 aromatic heterocycles. The second-order valence-electron chi connectivity index (χ2n) is 6.91. The van der Waals surface area contributed by atoms with E-state index in [9.17, 15) is 4.79 Å². The van der Waals surface area contributed by atoms with Crippen LogP contribution in [0.2, 0.25) is 0 Å². The third-order valence-corrected chi connectivity index (χ3v) is 5.46. The third-order valence-electron chi connectivity index (χ3n) is 4.60. The normalized spacial score (nSPS) is 14.5. The van der Waals surface area contributed by atoms with Gasteiger partial charge < -0.3 is 15.1 Å². The molecule has 3 rings (SSSR count). The number of hydrogen-bond donors (Lipinski definition) is 1. The average molecular weight is 374 g/mol. The average Bonchev–Trinajstić information content (AvgIpc) is 3.29. The van der Waals surface area contributed by atoms with Gasteiger partial charge in [-0.3, -0.25) is 4.79 Å². The summed E-state index contributed by atoms with van der Waals surface area (Å²) in [5, 5.41) is 3.78. The van der Waals surface area contributed by atoms with Gasteiger partial charge in [-0.1, -0.05) is 29.8 Å². The highest BCUT2D eigenvalue weighted by Gasteiger charge is 2.14. The number of carbonyl (C=O) groups is 1.